The minimum atomic E-state index is -3.24. The fourth-order valence-corrected chi connectivity index (χ4v) is 5.17. The van der Waals surface area contributed by atoms with Gasteiger partial charge in [-0.15, -0.1) is 0 Å². The van der Waals surface area contributed by atoms with Crippen LogP contribution in [0, 0.1) is 0 Å². The van der Waals surface area contributed by atoms with Gasteiger partial charge in [0.25, 0.3) is 6.01 Å². The first-order valence-electron chi connectivity index (χ1n) is 11.4. The summed E-state index contributed by atoms with van der Waals surface area (Å²) >= 11 is 6.58. The first-order valence-corrected chi connectivity index (χ1v) is 13.7. The lowest BCUT2D eigenvalue weighted by molar-refractivity contribution is -0.131. The van der Waals surface area contributed by atoms with E-state index in [0.717, 1.165) is 22.3 Å². The molecule has 0 bridgehead atoms. The van der Waals surface area contributed by atoms with E-state index < -0.39 is 28.1 Å². The third-order valence-electron chi connectivity index (χ3n) is 6.25. The molecule has 10 heteroatoms. The molecule has 1 fully saturated rings. The second kappa shape index (κ2) is 9.84. The van der Waals surface area contributed by atoms with Crippen LogP contribution in [0.4, 0.5) is 0 Å². The summed E-state index contributed by atoms with van der Waals surface area (Å²) in [5.74, 6) is 0. The van der Waals surface area contributed by atoms with Gasteiger partial charge in [0.05, 0.1) is 40.3 Å². The Balaban J connectivity index is 1.35. The molecule has 1 aliphatic heterocycles. The molecule has 3 aromatic carbocycles. The van der Waals surface area contributed by atoms with Crippen molar-refractivity contribution < 1.29 is 28.1 Å². The van der Waals surface area contributed by atoms with Crippen LogP contribution in [-0.4, -0.2) is 66.4 Å². The summed E-state index contributed by atoms with van der Waals surface area (Å²) in [6.07, 6.45) is -0.275. The van der Waals surface area contributed by atoms with Crippen molar-refractivity contribution >= 4 is 32.5 Å². The highest BCUT2D eigenvalue weighted by Crippen LogP contribution is 2.34. The Hall–Kier alpha value is -2.95. The molecule has 2 heterocycles. The molecule has 0 amide bonds. The van der Waals surface area contributed by atoms with E-state index in [1.807, 2.05) is 30.3 Å². The van der Waals surface area contributed by atoms with E-state index in [9.17, 15) is 18.6 Å². The minimum Gasteiger partial charge on any atom is -0.459 e. The van der Waals surface area contributed by atoms with Crippen molar-refractivity contribution in [3.05, 3.63) is 65.7 Å². The fourth-order valence-electron chi connectivity index (χ4n) is 4.27. The smallest absolute Gasteiger partial charge is 0.294 e. The number of halogens is 1. The van der Waals surface area contributed by atoms with E-state index in [1.54, 1.807) is 30.3 Å². The predicted molar refractivity (Wildman–Crippen MR) is 137 cm³/mol. The third-order valence-corrected chi connectivity index (χ3v) is 7.69. The normalized spacial score (nSPS) is 20.5. The Labute approximate surface area is 213 Å². The molecular formula is C26H25ClN2O6S. The van der Waals surface area contributed by atoms with E-state index in [1.165, 1.54) is 6.26 Å². The van der Waals surface area contributed by atoms with Crippen LogP contribution < -0.4 is 4.74 Å². The number of nitrogens with one attached hydrogen (secondary N) is 1. The Morgan fingerprint density at radius 3 is 2.33 bits per heavy atom. The van der Waals surface area contributed by atoms with Crippen molar-refractivity contribution in [3.8, 4) is 28.3 Å². The number of aromatic nitrogens is 2. The molecule has 0 aliphatic carbocycles. The lowest BCUT2D eigenvalue weighted by Gasteiger charge is -2.31. The number of benzene rings is 3. The molecule has 0 saturated carbocycles. The number of sulfone groups is 1. The molecule has 1 aromatic heterocycles. The van der Waals surface area contributed by atoms with Crippen molar-refractivity contribution in [2.75, 3.05) is 19.5 Å². The van der Waals surface area contributed by atoms with Gasteiger partial charge in [-0.05, 0) is 41.0 Å². The molecule has 8 nitrogen and oxygen atoms in total. The molecule has 1 aliphatic rings. The number of aliphatic hydroxyl groups is 2. The van der Waals surface area contributed by atoms with Crippen LogP contribution in [0.2, 0.25) is 5.02 Å². The Morgan fingerprint density at radius 2 is 1.72 bits per heavy atom. The second-order valence-corrected chi connectivity index (χ2v) is 11.3. The lowest BCUT2D eigenvalue weighted by atomic mass is 10.00. The number of H-pyrrole nitrogens is 1. The van der Waals surface area contributed by atoms with Crippen molar-refractivity contribution in [2.45, 2.75) is 29.6 Å². The third kappa shape index (κ3) is 5.11. The summed E-state index contributed by atoms with van der Waals surface area (Å²) in [5, 5.41) is 19.8. The van der Waals surface area contributed by atoms with Gasteiger partial charge in [-0.25, -0.2) is 8.42 Å². The van der Waals surface area contributed by atoms with E-state index in [2.05, 4.69) is 9.97 Å². The summed E-state index contributed by atoms with van der Waals surface area (Å²) in [4.78, 5) is 7.90. The molecule has 36 heavy (non-hydrogen) atoms. The van der Waals surface area contributed by atoms with Crippen LogP contribution in [0.25, 0.3) is 33.3 Å². The van der Waals surface area contributed by atoms with Gasteiger partial charge in [0.15, 0.2) is 9.84 Å². The highest BCUT2D eigenvalue weighted by atomic mass is 35.5. The largest absolute Gasteiger partial charge is 0.459 e. The maximum atomic E-state index is 11.7. The molecule has 0 spiro atoms. The van der Waals surface area contributed by atoms with Crippen molar-refractivity contribution in [1.29, 1.82) is 0 Å². The number of rotatable bonds is 6. The van der Waals surface area contributed by atoms with E-state index >= 15 is 0 Å². The lowest BCUT2D eigenvalue weighted by Crippen LogP contribution is -2.45. The number of nitrogens with zero attached hydrogens (tertiary/aromatic N) is 1. The summed E-state index contributed by atoms with van der Waals surface area (Å²) in [6, 6.07) is 18.6. The van der Waals surface area contributed by atoms with Gasteiger partial charge in [0.2, 0.25) is 0 Å². The van der Waals surface area contributed by atoms with Crippen LogP contribution in [-0.2, 0) is 14.6 Å². The maximum absolute atomic E-state index is 11.7. The van der Waals surface area contributed by atoms with Crippen LogP contribution in [0.1, 0.15) is 6.42 Å². The molecule has 5 rings (SSSR count). The quantitative estimate of drug-likeness (QED) is 0.347. The Morgan fingerprint density at radius 1 is 1.08 bits per heavy atom. The summed E-state index contributed by atoms with van der Waals surface area (Å²) in [6.45, 7) is 0.00487. The van der Waals surface area contributed by atoms with Gasteiger partial charge in [-0.3, -0.25) is 0 Å². The molecule has 3 atom stereocenters. The average Bonchev–Trinajstić information content (AvgIpc) is 3.24. The highest BCUT2D eigenvalue weighted by molar-refractivity contribution is 7.90. The predicted octanol–water partition coefficient (Wildman–Crippen LogP) is 3.84. The van der Waals surface area contributed by atoms with Crippen LogP contribution >= 0.6 is 11.6 Å². The average molecular weight is 529 g/mol. The number of aliphatic hydroxyl groups excluding tert-OH is 2. The van der Waals surface area contributed by atoms with Crippen molar-refractivity contribution in [3.63, 3.8) is 0 Å². The van der Waals surface area contributed by atoms with E-state index in [0.29, 0.717) is 28.5 Å². The molecule has 0 radical (unpaired) electrons. The van der Waals surface area contributed by atoms with Crippen LogP contribution in [0.3, 0.4) is 0 Å². The first-order chi connectivity index (χ1) is 17.2. The standard InChI is InChI=1S/C26H25ClN2O6S/c1-36(32,33)19-8-6-16(7-9-19)15-2-4-17(5-3-15)20-11-22-23(12-21(20)27)29-26(28-22)35-18-10-24(31)25(13-30)34-14-18/h2-9,11-12,18,24-25,30-31H,10,13-14H2,1H3,(H,28,29)/t18-,24+,25-/m1/s1. The second-order valence-electron chi connectivity index (χ2n) is 8.86. The molecule has 4 aromatic rings. The number of imidazole rings is 1. The van der Waals surface area contributed by atoms with Gasteiger partial charge < -0.3 is 24.7 Å². The Bertz CT molecular complexity index is 1490. The van der Waals surface area contributed by atoms with Crippen LogP contribution in [0.5, 0.6) is 6.01 Å². The highest BCUT2D eigenvalue weighted by Gasteiger charge is 2.31. The zero-order valence-corrected chi connectivity index (χ0v) is 21.0. The summed E-state index contributed by atoms with van der Waals surface area (Å²) in [5.41, 5.74) is 4.96. The molecule has 3 N–H and O–H groups in total. The number of hydrogen-bond donors (Lipinski definition) is 3. The Kier molecular flexibility index (Phi) is 6.76. The monoisotopic (exact) mass is 528 g/mol. The molecule has 0 unspecified atom stereocenters. The fraction of sp³-hybridized carbons (Fsp3) is 0.269. The topological polar surface area (TPSA) is 122 Å². The van der Waals surface area contributed by atoms with Gasteiger partial charge in [-0.1, -0.05) is 48.0 Å². The maximum Gasteiger partial charge on any atom is 0.294 e. The van der Waals surface area contributed by atoms with Gasteiger partial charge >= 0.3 is 0 Å². The van der Waals surface area contributed by atoms with E-state index in [-0.39, 0.29) is 18.1 Å². The zero-order valence-electron chi connectivity index (χ0n) is 19.4. The first kappa shape index (κ1) is 24.7. The van der Waals surface area contributed by atoms with Gasteiger partial charge in [0, 0.05) is 18.2 Å². The SMILES string of the molecule is CS(=O)(=O)c1ccc(-c2ccc(-c3cc4nc(O[C@H]5CO[C@H](CO)[C@@H](O)C5)[nH]c4cc3Cl)cc2)cc1. The van der Waals surface area contributed by atoms with E-state index in [4.69, 9.17) is 21.1 Å². The molecular weight excluding hydrogens is 504 g/mol. The number of fused-ring (bicyclic) bond motifs is 1. The van der Waals surface area contributed by atoms with Crippen LogP contribution in [0.15, 0.2) is 65.6 Å². The molecule has 188 valence electrons. The number of aromatic amines is 1. The number of hydrogen-bond acceptors (Lipinski definition) is 7. The van der Waals surface area contributed by atoms with Crippen molar-refractivity contribution in [1.82, 2.24) is 9.97 Å². The molecule has 1 saturated heterocycles. The van der Waals surface area contributed by atoms with Gasteiger partial charge in [0.1, 0.15) is 12.2 Å². The zero-order chi connectivity index (χ0) is 25.4. The summed E-state index contributed by atoms with van der Waals surface area (Å²) < 4.78 is 34.7. The summed E-state index contributed by atoms with van der Waals surface area (Å²) in [7, 11) is -3.24. The van der Waals surface area contributed by atoms with Gasteiger partial charge in [-0.2, -0.15) is 4.98 Å². The minimum absolute atomic E-state index is 0.240. The number of ether oxygens (including phenoxy) is 2. The van der Waals surface area contributed by atoms with Crippen molar-refractivity contribution in [2.24, 2.45) is 0 Å².